The van der Waals surface area contributed by atoms with E-state index in [2.05, 4.69) is 31.6 Å². The van der Waals surface area contributed by atoms with Crippen molar-refractivity contribution in [2.45, 2.75) is 45.6 Å². The van der Waals surface area contributed by atoms with Crippen LogP contribution in [0.5, 0.6) is 0 Å². The van der Waals surface area contributed by atoms with E-state index in [0.29, 0.717) is 34.5 Å². The van der Waals surface area contributed by atoms with E-state index in [9.17, 15) is 18.8 Å². The van der Waals surface area contributed by atoms with Crippen molar-refractivity contribution in [3.63, 3.8) is 0 Å². The number of halogens is 1. The van der Waals surface area contributed by atoms with Gasteiger partial charge in [0.25, 0.3) is 0 Å². The molecule has 40 heavy (non-hydrogen) atoms. The molecule has 0 N–H and O–H groups in total. The third-order valence-corrected chi connectivity index (χ3v) is 6.39. The van der Waals surface area contributed by atoms with Gasteiger partial charge in [-0.3, -0.25) is 29.0 Å². The minimum atomic E-state index is -1.36. The quantitative estimate of drug-likeness (QED) is 0.281. The van der Waals surface area contributed by atoms with Crippen molar-refractivity contribution in [3.8, 4) is 11.3 Å². The van der Waals surface area contributed by atoms with Crippen LogP contribution in [0, 0.1) is 0 Å². The molecule has 4 rings (SSSR count). The van der Waals surface area contributed by atoms with E-state index in [0.717, 1.165) is 0 Å². The number of fused-ring (bicyclic) bond motifs is 1. The molecule has 2 atom stereocenters. The fourth-order valence-electron chi connectivity index (χ4n) is 4.61. The molecule has 0 spiro atoms. The van der Waals surface area contributed by atoms with Gasteiger partial charge in [-0.2, -0.15) is 5.10 Å². The smallest absolute Gasteiger partial charge is 0.245 e. The Morgan fingerprint density at radius 2 is 1.93 bits per heavy atom. The van der Waals surface area contributed by atoms with Gasteiger partial charge in [-0.15, -0.1) is 0 Å². The molecule has 1 fully saturated rings. The van der Waals surface area contributed by atoms with E-state index in [-0.39, 0.29) is 36.7 Å². The van der Waals surface area contributed by atoms with Gasteiger partial charge in [0.1, 0.15) is 29.9 Å². The SMILES string of the molecule is C=CN=C(/C=C\C)C(=O)[C@@H]1C[C@@H](F)CN1C(=O)Cn1nc(C(C)=O)c2cc(-c3cnc(CN(C)C)nc3)ncc21. The van der Waals surface area contributed by atoms with Crippen molar-refractivity contribution in [2.24, 2.45) is 4.99 Å². The van der Waals surface area contributed by atoms with Crippen molar-refractivity contribution < 1.29 is 18.8 Å². The van der Waals surface area contributed by atoms with E-state index in [1.54, 1.807) is 31.5 Å². The van der Waals surface area contributed by atoms with Gasteiger partial charge < -0.3 is 9.80 Å². The highest BCUT2D eigenvalue weighted by molar-refractivity contribution is 6.46. The highest BCUT2D eigenvalue weighted by Gasteiger charge is 2.41. The van der Waals surface area contributed by atoms with Crippen LogP contribution in [0.3, 0.4) is 0 Å². The number of hydrogen-bond donors (Lipinski definition) is 0. The fraction of sp³-hybridized carbons (Fsp3) is 0.357. The maximum atomic E-state index is 14.5. The van der Waals surface area contributed by atoms with Gasteiger partial charge in [-0.25, -0.2) is 14.4 Å². The van der Waals surface area contributed by atoms with Crippen LogP contribution >= 0.6 is 0 Å². The third-order valence-electron chi connectivity index (χ3n) is 6.39. The molecule has 12 heteroatoms. The van der Waals surface area contributed by atoms with Crippen molar-refractivity contribution >= 4 is 34.1 Å². The third kappa shape index (κ3) is 6.07. The zero-order chi connectivity index (χ0) is 29.0. The van der Waals surface area contributed by atoms with Gasteiger partial charge in [0.2, 0.25) is 11.7 Å². The number of aromatic nitrogens is 5. The summed E-state index contributed by atoms with van der Waals surface area (Å²) in [4.78, 5) is 59.3. The predicted molar refractivity (Wildman–Crippen MR) is 148 cm³/mol. The lowest BCUT2D eigenvalue weighted by Gasteiger charge is -2.23. The lowest BCUT2D eigenvalue weighted by atomic mass is 10.0. The molecule has 1 saturated heterocycles. The number of Topliss-reactive ketones (excluding diaryl/α,β-unsaturated/α-hetero) is 2. The van der Waals surface area contributed by atoms with Gasteiger partial charge in [0.15, 0.2) is 5.78 Å². The summed E-state index contributed by atoms with van der Waals surface area (Å²) in [5.41, 5.74) is 1.92. The summed E-state index contributed by atoms with van der Waals surface area (Å²) in [5.74, 6) is -0.606. The summed E-state index contributed by atoms with van der Waals surface area (Å²) < 4.78 is 15.8. The lowest BCUT2D eigenvalue weighted by Crippen LogP contribution is -2.44. The first-order valence-corrected chi connectivity index (χ1v) is 12.8. The van der Waals surface area contributed by atoms with Crippen molar-refractivity contribution in [3.05, 3.63) is 61.1 Å². The summed E-state index contributed by atoms with van der Waals surface area (Å²) in [6, 6.07) is 0.700. The number of nitrogens with zero attached hydrogens (tertiary/aromatic N) is 8. The zero-order valence-corrected chi connectivity index (χ0v) is 22.9. The minimum Gasteiger partial charge on any atom is -0.328 e. The average molecular weight is 547 g/mol. The molecule has 0 saturated carbocycles. The van der Waals surface area contributed by atoms with E-state index in [4.69, 9.17) is 0 Å². The number of pyridine rings is 1. The summed E-state index contributed by atoms with van der Waals surface area (Å²) in [5, 5.41) is 4.89. The van der Waals surface area contributed by atoms with E-state index >= 15 is 0 Å². The Bertz CT molecular complexity index is 1510. The molecule has 4 heterocycles. The van der Waals surface area contributed by atoms with Gasteiger partial charge in [0, 0.05) is 42.9 Å². The average Bonchev–Trinajstić information content (AvgIpc) is 3.48. The first-order chi connectivity index (χ1) is 19.1. The number of ketones is 2. The predicted octanol–water partition coefficient (Wildman–Crippen LogP) is 2.82. The molecule has 0 unspecified atom stereocenters. The largest absolute Gasteiger partial charge is 0.328 e. The lowest BCUT2D eigenvalue weighted by molar-refractivity contribution is -0.136. The molecular formula is C28H31FN8O3. The van der Waals surface area contributed by atoms with Gasteiger partial charge in [-0.1, -0.05) is 12.7 Å². The van der Waals surface area contributed by atoms with E-state index < -0.39 is 23.9 Å². The molecule has 3 aromatic rings. The first kappa shape index (κ1) is 28.6. The van der Waals surface area contributed by atoms with Crippen LogP contribution in [0.15, 0.2) is 54.6 Å². The van der Waals surface area contributed by atoms with Crippen molar-refractivity contribution in [1.82, 2.24) is 34.5 Å². The fourth-order valence-corrected chi connectivity index (χ4v) is 4.61. The molecule has 1 aliphatic heterocycles. The number of aliphatic imine (C=N–C) groups is 1. The summed E-state index contributed by atoms with van der Waals surface area (Å²) in [6.07, 6.45) is 7.74. The number of likely N-dealkylation sites (tertiary alicyclic amines) is 1. The number of carbonyl (C=O) groups is 3. The van der Waals surface area contributed by atoms with Crippen LogP contribution in [0.1, 0.15) is 36.6 Å². The standard InChI is InChI=1S/C28H31FN8O3/c1-6-8-21(30-7-2)28(40)23-9-19(29)14-36(23)26(39)16-37-24-13-31-22(10-20(24)27(34-37)17(3)38)18-11-32-25(33-12-18)15-35(4)5/h6-8,10-13,19,23H,2,9,14-16H2,1,3-5H3/b8-6-,30-21?/t19-,23+/m1/s1. The minimum absolute atomic E-state index is 0.0910. The highest BCUT2D eigenvalue weighted by Crippen LogP contribution is 2.26. The number of carbonyl (C=O) groups excluding carboxylic acids is 3. The molecule has 0 radical (unpaired) electrons. The second kappa shape index (κ2) is 12.2. The van der Waals surface area contributed by atoms with Crippen LogP contribution in [0.25, 0.3) is 22.2 Å². The van der Waals surface area contributed by atoms with Crippen LogP contribution in [-0.4, -0.2) is 90.6 Å². The normalized spacial score (nSPS) is 17.8. The summed E-state index contributed by atoms with van der Waals surface area (Å²) in [6.45, 7) is 6.69. The molecule has 0 bridgehead atoms. The number of rotatable bonds is 10. The molecule has 11 nitrogen and oxygen atoms in total. The molecule has 0 aliphatic carbocycles. The first-order valence-electron chi connectivity index (χ1n) is 12.8. The Kier molecular flexibility index (Phi) is 8.68. The van der Waals surface area contributed by atoms with E-state index in [1.165, 1.54) is 35.0 Å². The van der Waals surface area contributed by atoms with Crippen LogP contribution in [0.2, 0.25) is 0 Å². The highest BCUT2D eigenvalue weighted by atomic mass is 19.1. The second-order valence-corrected chi connectivity index (χ2v) is 9.73. The Labute approximate surface area is 231 Å². The topological polar surface area (TPSA) is 127 Å². The molecule has 1 amide bonds. The molecule has 1 aliphatic rings. The zero-order valence-electron chi connectivity index (χ0n) is 22.9. The molecule has 208 valence electrons. The van der Waals surface area contributed by atoms with Gasteiger partial charge in [0.05, 0.1) is 36.5 Å². The monoisotopic (exact) mass is 546 g/mol. The van der Waals surface area contributed by atoms with Gasteiger partial charge in [-0.05, 0) is 33.2 Å². The Morgan fingerprint density at radius 3 is 2.55 bits per heavy atom. The maximum absolute atomic E-state index is 14.5. The van der Waals surface area contributed by atoms with Crippen molar-refractivity contribution in [2.75, 3.05) is 20.6 Å². The Balaban J connectivity index is 1.63. The Morgan fingerprint density at radius 1 is 1.20 bits per heavy atom. The number of alkyl halides is 1. The summed E-state index contributed by atoms with van der Waals surface area (Å²) in [7, 11) is 3.85. The molecule has 3 aromatic heterocycles. The van der Waals surface area contributed by atoms with Crippen LogP contribution < -0.4 is 0 Å². The Hall–Kier alpha value is -4.45. The number of allylic oxidation sites excluding steroid dienone is 2. The molecular weight excluding hydrogens is 515 g/mol. The van der Waals surface area contributed by atoms with Crippen molar-refractivity contribution in [1.29, 1.82) is 0 Å². The molecule has 0 aromatic carbocycles. The van der Waals surface area contributed by atoms with E-state index in [1.807, 2.05) is 19.0 Å². The van der Waals surface area contributed by atoms with Gasteiger partial charge >= 0.3 is 0 Å². The van der Waals surface area contributed by atoms with Crippen LogP contribution in [-0.2, 0) is 22.7 Å². The number of amides is 1. The number of hydrogen-bond acceptors (Lipinski definition) is 9. The van der Waals surface area contributed by atoms with Crippen LogP contribution in [0.4, 0.5) is 4.39 Å². The summed E-state index contributed by atoms with van der Waals surface area (Å²) >= 11 is 0. The second-order valence-electron chi connectivity index (χ2n) is 9.73. The maximum Gasteiger partial charge on any atom is 0.245 e.